The number of nitro groups is 1. The first kappa shape index (κ1) is 22.6. The molecular weight excluding hydrogens is 410 g/mol. The first-order valence-corrected chi connectivity index (χ1v) is 9.87. The summed E-state index contributed by atoms with van der Waals surface area (Å²) in [6.07, 6.45) is 3.31. The lowest BCUT2D eigenvalue weighted by Gasteiger charge is -2.22. The topological polar surface area (TPSA) is 131 Å². The maximum Gasteiger partial charge on any atom is 0.269 e. The lowest BCUT2D eigenvalue weighted by Crippen LogP contribution is -2.35. The molecule has 1 heterocycles. The summed E-state index contributed by atoms with van der Waals surface area (Å²) in [6, 6.07) is 15.8. The number of carbonyl (C=O) groups excluding carboxylic acids is 2. The second-order valence-electron chi connectivity index (χ2n) is 7.29. The number of likely N-dealkylation sites (N-methyl/N-ethyl adjacent to an activating group) is 1. The van der Waals surface area contributed by atoms with Crippen molar-refractivity contribution in [1.29, 1.82) is 0 Å². The number of aromatic nitrogens is 1. The molecule has 1 aromatic heterocycles. The Labute approximate surface area is 185 Å². The number of hydrogen-bond donors (Lipinski definition) is 2. The molecule has 3 N–H and O–H groups in total. The third-order valence-corrected chi connectivity index (χ3v) is 4.94. The van der Waals surface area contributed by atoms with Gasteiger partial charge < -0.3 is 16.0 Å². The quantitative estimate of drug-likeness (QED) is 0.415. The van der Waals surface area contributed by atoms with E-state index in [1.54, 1.807) is 68.0 Å². The van der Waals surface area contributed by atoms with Gasteiger partial charge in [-0.15, -0.1) is 0 Å². The smallest absolute Gasteiger partial charge is 0.269 e. The van der Waals surface area contributed by atoms with Crippen molar-refractivity contribution >= 4 is 23.2 Å². The van der Waals surface area contributed by atoms with Crippen LogP contribution in [0.3, 0.4) is 0 Å². The molecule has 0 saturated carbocycles. The van der Waals surface area contributed by atoms with Crippen LogP contribution in [0.15, 0.2) is 73.1 Å². The van der Waals surface area contributed by atoms with Crippen LogP contribution < -0.4 is 11.1 Å². The molecule has 1 atom stereocenters. The zero-order valence-electron chi connectivity index (χ0n) is 17.5. The first-order valence-electron chi connectivity index (χ1n) is 9.87. The Morgan fingerprint density at radius 3 is 2.28 bits per heavy atom. The monoisotopic (exact) mass is 433 g/mol. The van der Waals surface area contributed by atoms with E-state index in [2.05, 4.69) is 10.3 Å². The summed E-state index contributed by atoms with van der Waals surface area (Å²) in [4.78, 5) is 40.5. The summed E-state index contributed by atoms with van der Waals surface area (Å²) in [5.41, 5.74) is 8.85. The fourth-order valence-corrected chi connectivity index (χ4v) is 3.07. The van der Waals surface area contributed by atoms with Crippen LogP contribution in [0.4, 0.5) is 11.4 Å². The van der Waals surface area contributed by atoms with E-state index in [9.17, 15) is 19.7 Å². The minimum absolute atomic E-state index is 0.0190. The van der Waals surface area contributed by atoms with E-state index in [1.807, 2.05) is 0 Å². The van der Waals surface area contributed by atoms with Crippen molar-refractivity contribution in [3.8, 4) is 0 Å². The third kappa shape index (κ3) is 5.96. The van der Waals surface area contributed by atoms with Gasteiger partial charge in [0, 0.05) is 55.4 Å². The zero-order valence-corrected chi connectivity index (χ0v) is 17.5. The summed E-state index contributed by atoms with van der Waals surface area (Å²) in [7, 11) is 1.66. The lowest BCUT2D eigenvalue weighted by molar-refractivity contribution is -0.384. The van der Waals surface area contributed by atoms with E-state index in [1.165, 1.54) is 17.0 Å². The lowest BCUT2D eigenvalue weighted by atomic mass is 10.0. The number of nitrogens with one attached hydrogen (secondary N) is 1. The van der Waals surface area contributed by atoms with Gasteiger partial charge in [0.25, 0.3) is 11.6 Å². The molecular formula is C23H23N5O4. The van der Waals surface area contributed by atoms with Crippen LogP contribution in [-0.2, 0) is 11.2 Å². The average Bonchev–Trinajstić information content (AvgIpc) is 2.80. The van der Waals surface area contributed by atoms with Crippen LogP contribution in [0.25, 0.3) is 0 Å². The molecule has 164 valence electrons. The second kappa shape index (κ2) is 10.3. The molecule has 9 nitrogen and oxygen atoms in total. The predicted octanol–water partition coefficient (Wildman–Crippen LogP) is 2.94. The van der Waals surface area contributed by atoms with Crippen LogP contribution >= 0.6 is 0 Å². The molecule has 0 bridgehead atoms. The Hall–Kier alpha value is -4.11. The number of nitrogens with zero attached hydrogens (tertiary/aromatic N) is 3. The molecule has 0 saturated heterocycles. The van der Waals surface area contributed by atoms with Gasteiger partial charge in [0.05, 0.1) is 11.3 Å². The number of nitro benzene ring substituents is 1. The van der Waals surface area contributed by atoms with Crippen molar-refractivity contribution < 1.29 is 14.5 Å². The number of nitrogens with two attached hydrogens (primary N) is 1. The number of non-ortho nitro benzene ring substituents is 1. The molecule has 1 unspecified atom stereocenters. The standard InChI is InChI=1S/C23H23N5O4/c1-27(22(29)14-16-2-8-20(9-3-16)28(31)32)15-21(24)17-4-6-18(7-5-17)23(30)26-19-10-12-25-13-11-19/h2-13,21H,14-15,24H2,1H3,(H,25,26,30). The van der Waals surface area contributed by atoms with Gasteiger partial charge in [0.2, 0.25) is 5.91 Å². The van der Waals surface area contributed by atoms with Gasteiger partial charge in [-0.1, -0.05) is 24.3 Å². The van der Waals surface area contributed by atoms with Crippen molar-refractivity contribution in [2.24, 2.45) is 5.73 Å². The molecule has 3 rings (SSSR count). The Bertz CT molecular complexity index is 1090. The van der Waals surface area contributed by atoms with Crippen molar-refractivity contribution in [2.45, 2.75) is 12.5 Å². The van der Waals surface area contributed by atoms with E-state index >= 15 is 0 Å². The van der Waals surface area contributed by atoms with Crippen LogP contribution in [0, 0.1) is 10.1 Å². The largest absolute Gasteiger partial charge is 0.344 e. The van der Waals surface area contributed by atoms with E-state index in [4.69, 9.17) is 5.73 Å². The minimum atomic E-state index is -0.481. The molecule has 9 heteroatoms. The Morgan fingerprint density at radius 2 is 1.69 bits per heavy atom. The maximum absolute atomic E-state index is 12.5. The highest BCUT2D eigenvalue weighted by Gasteiger charge is 2.16. The fourth-order valence-electron chi connectivity index (χ4n) is 3.07. The summed E-state index contributed by atoms with van der Waals surface area (Å²) in [5.74, 6) is -0.394. The maximum atomic E-state index is 12.5. The Kier molecular flexibility index (Phi) is 7.25. The van der Waals surface area contributed by atoms with Crippen molar-refractivity contribution in [3.05, 3.63) is 99.9 Å². The Balaban J connectivity index is 1.55. The summed E-state index contributed by atoms with van der Waals surface area (Å²) in [5, 5.41) is 13.5. The molecule has 0 fully saturated rings. The molecule has 0 aliphatic heterocycles. The number of anilines is 1. The van der Waals surface area contributed by atoms with Crippen LogP contribution in [0.1, 0.15) is 27.5 Å². The minimum Gasteiger partial charge on any atom is -0.344 e. The summed E-state index contributed by atoms with van der Waals surface area (Å²) >= 11 is 0. The second-order valence-corrected chi connectivity index (χ2v) is 7.29. The number of hydrogen-bond acceptors (Lipinski definition) is 6. The van der Waals surface area contributed by atoms with Gasteiger partial charge in [0.15, 0.2) is 0 Å². The molecule has 0 spiro atoms. The van der Waals surface area contributed by atoms with E-state index in [-0.39, 0.29) is 30.5 Å². The predicted molar refractivity (Wildman–Crippen MR) is 120 cm³/mol. The normalized spacial score (nSPS) is 11.4. The summed E-state index contributed by atoms with van der Waals surface area (Å²) < 4.78 is 0. The van der Waals surface area contributed by atoms with Crippen LogP contribution in [0.2, 0.25) is 0 Å². The van der Waals surface area contributed by atoms with Crippen LogP contribution in [-0.4, -0.2) is 40.2 Å². The Morgan fingerprint density at radius 1 is 1.06 bits per heavy atom. The molecule has 3 aromatic rings. The van der Waals surface area contributed by atoms with Gasteiger partial charge >= 0.3 is 0 Å². The molecule has 2 aromatic carbocycles. The highest BCUT2D eigenvalue weighted by molar-refractivity contribution is 6.04. The van der Waals surface area contributed by atoms with Gasteiger partial charge in [-0.3, -0.25) is 24.7 Å². The molecule has 0 aliphatic rings. The zero-order chi connectivity index (χ0) is 23.1. The van der Waals surface area contributed by atoms with Crippen molar-refractivity contribution in [1.82, 2.24) is 9.88 Å². The van der Waals surface area contributed by atoms with Gasteiger partial charge in [-0.05, 0) is 35.4 Å². The highest BCUT2D eigenvalue weighted by Crippen LogP contribution is 2.16. The SMILES string of the molecule is CN(CC(N)c1ccc(C(=O)Nc2ccncc2)cc1)C(=O)Cc1ccc([N+](=O)[O-])cc1. The van der Waals surface area contributed by atoms with Gasteiger partial charge in [-0.2, -0.15) is 0 Å². The molecule has 2 amide bonds. The fraction of sp³-hybridized carbons (Fsp3) is 0.174. The van der Waals surface area contributed by atoms with Crippen molar-refractivity contribution in [3.63, 3.8) is 0 Å². The number of amides is 2. The van der Waals surface area contributed by atoms with Crippen LogP contribution in [0.5, 0.6) is 0 Å². The highest BCUT2D eigenvalue weighted by atomic mass is 16.6. The number of pyridine rings is 1. The van der Waals surface area contributed by atoms with E-state index in [0.717, 1.165) is 5.56 Å². The molecule has 0 radical (unpaired) electrons. The summed E-state index contributed by atoms with van der Waals surface area (Å²) in [6.45, 7) is 0.286. The van der Waals surface area contributed by atoms with Gasteiger partial charge in [-0.25, -0.2) is 0 Å². The van der Waals surface area contributed by atoms with Gasteiger partial charge in [0.1, 0.15) is 0 Å². The first-order chi connectivity index (χ1) is 15.3. The van der Waals surface area contributed by atoms with E-state index in [0.29, 0.717) is 16.8 Å². The molecule has 0 aliphatic carbocycles. The van der Waals surface area contributed by atoms with E-state index < -0.39 is 11.0 Å². The van der Waals surface area contributed by atoms with Crippen molar-refractivity contribution in [2.75, 3.05) is 18.9 Å². The average molecular weight is 433 g/mol. The number of rotatable bonds is 8. The number of benzene rings is 2. The third-order valence-electron chi connectivity index (χ3n) is 4.94. The number of carbonyl (C=O) groups is 2. The molecule has 32 heavy (non-hydrogen) atoms.